The summed E-state index contributed by atoms with van der Waals surface area (Å²) in [5.74, 6) is 1.06. The maximum absolute atomic E-state index is 12.1. The van der Waals surface area contributed by atoms with E-state index in [0.29, 0.717) is 18.1 Å². The molecule has 238 valence electrons. The highest BCUT2D eigenvalue weighted by Crippen LogP contribution is 2.55. The number of piperazine rings is 1. The molecule has 1 amide bonds. The summed E-state index contributed by atoms with van der Waals surface area (Å²) in [6.45, 7) is 14.8. The molecule has 5 heterocycles. The molecule has 1 saturated carbocycles. The second kappa shape index (κ2) is 12.4. The Kier molecular flexibility index (Phi) is 8.73. The van der Waals surface area contributed by atoms with Crippen molar-refractivity contribution in [2.75, 3.05) is 57.8 Å². The quantitative estimate of drug-likeness (QED) is 0.369. The summed E-state index contributed by atoms with van der Waals surface area (Å²) in [4.78, 5) is 19.1. The summed E-state index contributed by atoms with van der Waals surface area (Å²) in [7, 11) is 0. The minimum Gasteiger partial charge on any atom is -0.381 e. The second-order valence-corrected chi connectivity index (χ2v) is 13.3. The molecule has 3 saturated heterocycles. The van der Waals surface area contributed by atoms with E-state index in [0.717, 1.165) is 116 Å². The first kappa shape index (κ1) is 31.0. The van der Waals surface area contributed by atoms with Gasteiger partial charge in [0.25, 0.3) is 0 Å². The lowest BCUT2D eigenvalue weighted by Crippen LogP contribution is -2.63. The fraction of sp³-hybridized carbons (Fsp3) is 0.594. The number of anilines is 1. The van der Waals surface area contributed by atoms with E-state index in [1.54, 1.807) is 0 Å². The number of ether oxygens (including phenoxy) is 1. The number of likely N-dealkylation sites (tertiary alicyclic amines) is 1. The molecular weight excluding hydrogens is 588 g/mol. The van der Waals surface area contributed by atoms with Gasteiger partial charge in [0.05, 0.1) is 22.8 Å². The Hall–Kier alpha value is -3.02. The number of aromatic nitrogens is 4. The van der Waals surface area contributed by atoms with Crippen molar-refractivity contribution in [2.45, 2.75) is 64.6 Å². The molecule has 0 radical (unpaired) electrons. The van der Waals surface area contributed by atoms with Crippen molar-refractivity contribution < 1.29 is 18.3 Å². The smallest absolute Gasteiger partial charge is 0.245 e. The van der Waals surface area contributed by atoms with Crippen LogP contribution in [0.5, 0.6) is 0 Å². The van der Waals surface area contributed by atoms with Gasteiger partial charge in [-0.1, -0.05) is 18.2 Å². The number of rotatable bonds is 5. The van der Waals surface area contributed by atoms with Gasteiger partial charge in [-0.25, -0.2) is 8.78 Å². The predicted molar refractivity (Wildman–Crippen MR) is 169 cm³/mol. The van der Waals surface area contributed by atoms with Gasteiger partial charge in [0.2, 0.25) is 12.8 Å². The van der Waals surface area contributed by atoms with Crippen LogP contribution < -0.4 is 4.90 Å². The Morgan fingerprint density at radius 1 is 1.18 bits per heavy atom. The number of H-pyrrole nitrogens is 1. The van der Waals surface area contributed by atoms with E-state index in [4.69, 9.17) is 21.4 Å². The van der Waals surface area contributed by atoms with Gasteiger partial charge in [0, 0.05) is 85.6 Å². The molecule has 1 atom stereocenters. The monoisotopic (exact) mass is 629 g/mol. The molecule has 3 aromatic rings. The SMILES string of the molecule is C=CC(=O)N1CC2(CC(n3nc(N4CCN(C5CCOCC5)CC4C)c(-c4c(Cl)c(C)cc5[nH]ncc45)c3C)C2)C1.FCF. The molecule has 1 N–H and O–H groups in total. The van der Waals surface area contributed by atoms with Gasteiger partial charge in [-0.05, 0) is 64.2 Å². The second-order valence-electron chi connectivity index (χ2n) is 12.9. The first-order chi connectivity index (χ1) is 21.2. The molecule has 7 rings (SSSR count). The van der Waals surface area contributed by atoms with Crippen molar-refractivity contribution in [3.8, 4) is 11.1 Å². The van der Waals surface area contributed by atoms with E-state index in [9.17, 15) is 13.6 Å². The molecule has 2 aromatic heterocycles. The summed E-state index contributed by atoms with van der Waals surface area (Å²) in [5.41, 5.74) is 5.51. The van der Waals surface area contributed by atoms with Gasteiger partial charge < -0.3 is 14.5 Å². The molecule has 44 heavy (non-hydrogen) atoms. The lowest BCUT2D eigenvalue weighted by atomic mass is 9.60. The molecule has 1 unspecified atom stereocenters. The van der Waals surface area contributed by atoms with Crippen molar-refractivity contribution >= 4 is 34.2 Å². The number of fused-ring (bicyclic) bond motifs is 1. The largest absolute Gasteiger partial charge is 0.381 e. The zero-order chi connectivity index (χ0) is 31.2. The Labute approximate surface area is 262 Å². The van der Waals surface area contributed by atoms with Crippen LogP contribution in [0.25, 0.3) is 22.0 Å². The maximum atomic E-state index is 12.1. The zero-order valence-corrected chi connectivity index (χ0v) is 26.5. The van der Waals surface area contributed by atoms with Crippen molar-refractivity contribution in [3.05, 3.63) is 41.2 Å². The van der Waals surface area contributed by atoms with Gasteiger partial charge >= 0.3 is 0 Å². The van der Waals surface area contributed by atoms with Crippen LogP contribution in [0.2, 0.25) is 5.02 Å². The van der Waals surface area contributed by atoms with Crippen molar-refractivity contribution in [3.63, 3.8) is 0 Å². The van der Waals surface area contributed by atoms with Gasteiger partial charge in [0.15, 0.2) is 5.82 Å². The number of benzene rings is 1. The number of halogens is 3. The summed E-state index contributed by atoms with van der Waals surface area (Å²) in [5, 5.41) is 14.7. The Morgan fingerprint density at radius 2 is 1.89 bits per heavy atom. The molecule has 0 bridgehead atoms. The number of aryl methyl sites for hydroxylation is 1. The third-order valence-electron chi connectivity index (χ3n) is 10.1. The Balaban J connectivity index is 0.00000110. The van der Waals surface area contributed by atoms with E-state index >= 15 is 0 Å². The highest BCUT2D eigenvalue weighted by Gasteiger charge is 2.54. The zero-order valence-electron chi connectivity index (χ0n) is 25.8. The average Bonchev–Trinajstić information content (AvgIpc) is 3.57. The number of nitrogens with one attached hydrogen (secondary N) is 1. The van der Waals surface area contributed by atoms with Crippen LogP contribution in [0.3, 0.4) is 0 Å². The highest BCUT2D eigenvalue weighted by molar-refractivity contribution is 6.36. The fourth-order valence-electron chi connectivity index (χ4n) is 7.90. The first-order valence-corrected chi connectivity index (χ1v) is 15.9. The standard InChI is InChI=1S/C31H40ClN7O2.CH2F2/c1-5-26(40)37-17-31(18-37)13-23(14-31)39-21(4)27(28-24-15-33-34-25(24)12-19(2)29(28)32)30(35-39)38-9-8-36(16-20(38)3)22-6-10-41-11-7-22;2-1-3/h5,12,15,20,22-23H,1,6-11,13-14,16-18H2,2-4H3,(H,33,34);1H2. The molecule has 1 spiro atoms. The third kappa shape index (κ3) is 5.41. The number of amides is 1. The molecule has 12 heteroatoms. The number of hydrogen-bond donors (Lipinski definition) is 1. The Bertz CT molecular complexity index is 1520. The number of carbonyl (C=O) groups excluding carboxylic acids is 1. The minimum absolute atomic E-state index is 0.0334. The molecule has 9 nitrogen and oxygen atoms in total. The lowest BCUT2D eigenvalue weighted by Gasteiger charge is -2.58. The van der Waals surface area contributed by atoms with E-state index in [1.165, 1.54) is 6.08 Å². The van der Waals surface area contributed by atoms with Crippen LogP contribution in [0.15, 0.2) is 24.9 Å². The van der Waals surface area contributed by atoms with Crippen LogP contribution in [0, 0.1) is 19.3 Å². The number of carbonyl (C=O) groups is 1. The van der Waals surface area contributed by atoms with Gasteiger partial charge in [-0.2, -0.15) is 10.2 Å². The molecule has 4 fully saturated rings. The highest BCUT2D eigenvalue weighted by atomic mass is 35.5. The van der Waals surface area contributed by atoms with E-state index in [2.05, 4.69) is 58.1 Å². The minimum atomic E-state index is -1.75. The predicted octanol–water partition coefficient (Wildman–Crippen LogP) is 5.62. The number of nitrogens with zero attached hydrogens (tertiary/aromatic N) is 6. The molecule has 3 aliphatic heterocycles. The van der Waals surface area contributed by atoms with Crippen LogP contribution in [-0.4, -0.2) is 101 Å². The topological polar surface area (TPSA) is 82.5 Å². The number of alkyl halides is 2. The first-order valence-electron chi connectivity index (χ1n) is 15.5. The number of hydrogen-bond acceptors (Lipinski definition) is 6. The Morgan fingerprint density at radius 3 is 2.55 bits per heavy atom. The van der Waals surface area contributed by atoms with Gasteiger partial charge in [0.1, 0.15) is 0 Å². The van der Waals surface area contributed by atoms with Gasteiger partial charge in [-0.3, -0.25) is 19.5 Å². The molecular formula is C32H42ClF2N7O2. The van der Waals surface area contributed by atoms with Gasteiger partial charge in [-0.15, -0.1) is 0 Å². The van der Waals surface area contributed by atoms with E-state index < -0.39 is 6.93 Å². The van der Waals surface area contributed by atoms with E-state index in [-0.39, 0.29) is 11.3 Å². The molecule has 1 aromatic carbocycles. The summed E-state index contributed by atoms with van der Waals surface area (Å²) >= 11 is 7.12. The van der Waals surface area contributed by atoms with E-state index in [1.807, 2.05) is 11.1 Å². The summed E-state index contributed by atoms with van der Waals surface area (Å²) in [6, 6.07) is 3.30. The fourth-order valence-corrected chi connectivity index (χ4v) is 8.15. The van der Waals surface area contributed by atoms with Crippen molar-refractivity contribution in [1.29, 1.82) is 0 Å². The average molecular weight is 630 g/mol. The van der Waals surface area contributed by atoms with Crippen LogP contribution >= 0.6 is 11.6 Å². The lowest BCUT2D eigenvalue weighted by molar-refractivity contribution is -0.149. The number of aromatic amines is 1. The van der Waals surface area contributed by atoms with Crippen LogP contribution in [0.1, 0.15) is 49.9 Å². The van der Waals surface area contributed by atoms with Crippen LogP contribution in [-0.2, 0) is 9.53 Å². The maximum Gasteiger partial charge on any atom is 0.245 e. The van der Waals surface area contributed by atoms with Crippen molar-refractivity contribution in [1.82, 2.24) is 29.8 Å². The normalized spacial score (nSPS) is 22.5. The molecule has 4 aliphatic rings. The summed E-state index contributed by atoms with van der Waals surface area (Å²) in [6.07, 6.45) is 7.60. The molecule has 1 aliphatic carbocycles. The summed E-state index contributed by atoms with van der Waals surface area (Å²) < 4.78 is 27.1. The van der Waals surface area contributed by atoms with Crippen LogP contribution in [0.4, 0.5) is 14.6 Å². The van der Waals surface area contributed by atoms with Crippen molar-refractivity contribution in [2.24, 2.45) is 5.41 Å². The third-order valence-corrected chi connectivity index (χ3v) is 10.6.